The van der Waals surface area contributed by atoms with Crippen LogP contribution in [0.4, 0.5) is 0 Å². The Hall–Kier alpha value is -1.15. The van der Waals surface area contributed by atoms with Crippen LogP contribution < -0.4 is 9.46 Å². The molecule has 6 nitrogen and oxygen atoms in total. The number of hydrogen-bond donors (Lipinski definition) is 1. The van der Waals surface area contributed by atoms with E-state index in [1.807, 2.05) is 7.05 Å². The van der Waals surface area contributed by atoms with Gasteiger partial charge in [-0.2, -0.15) is 0 Å². The molecule has 1 heterocycles. The molecule has 1 fully saturated rings. The SMILES string of the molecule is COc1ccc(S(=O)(=O)NCC2CN(C)CCO2)c(C)c1. The van der Waals surface area contributed by atoms with Crippen molar-refractivity contribution in [2.24, 2.45) is 0 Å². The number of aryl methyl sites for hydroxylation is 1. The standard InChI is InChI=1S/C14H22N2O4S/c1-11-8-12(19-3)4-5-14(11)21(17,18)15-9-13-10-16(2)6-7-20-13/h4-5,8,13,15H,6-7,9-10H2,1-3H3. The molecule has 1 aromatic carbocycles. The van der Waals surface area contributed by atoms with Gasteiger partial charge in [0, 0.05) is 19.6 Å². The average Bonchev–Trinajstić information content (AvgIpc) is 2.45. The molecule has 0 saturated carbocycles. The van der Waals surface area contributed by atoms with E-state index in [1.165, 1.54) is 0 Å². The lowest BCUT2D eigenvalue weighted by atomic mass is 10.2. The van der Waals surface area contributed by atoms with E-state index < -0.39 is 10.0 Å². The molecule has 0 aliphatic carbocycles. The quantitative estimate of drug-likeness (QED) is 0.862. The van der Waals surface area contributed by atoms with Crippen molar-refractivity contribution >= 4 is 10.0 Å². The first-order chi connectivity index (χ1) is 9.92. The van der Waals surface area contributed by atoms with E-state index in [4.69, 9.17) is 9.47 Å². The van der Waals surface area contributed by atoms with Gasteiger partial charge in [0.2, 0.25) is 10.0 Å². The molecule has 0 radical (unpaired) electrons. The number of ether oxygens (including phenoxy) is 2. The molecule has 0 aromatic heterocycles. The van der Waals surface area contributed by atoms with Crippen molar-refractivity contribution in [1.82, 2.24) is 9.62 Å². The molecule has 1 unspecified atom stereocenters. The Bertz CT molecular complexity index is 589. The molecular weight excluding hydrogens is 292 g/mol. The summed E-state index contributed by atoms with van der Waals surface area (Å²) in [6, 6.07) is 4.91. The highest BCUT2D eigenvalue weighted by molar-refractivity contribution is 7.89. The summed E-state index contributed by atoms with van der Waals surface area (Å²) in [6.07, 6.45) is -0.114. The van der Waals surface area contributed by atoms with Gasteiger partial charge in [-0.1, -0.05) is 0 Å². The van der Waals surface area contributed by atoms with Crippen LogP contribution in [0.1, 0.15) is 5.56 Å². The van der Waals surface area contributed by atoms with Crippen molar-refractivity contribution in [3.05, 3.63) is 23.8 Å². The largest absolute Gasteiger partial charge is 0.497 e. The molecule has 7 heteroatoms. The van der Waals surface area contributed by atoms with Crippen molar-refractivity contribution in [3.8, 4) is 5.75 Å². The third kappa shape index (κ3) is 4.16. The molecule has 1 aromatic rings. The lowest BCUT2D eigenvalue weighted by Gasteiger charge is -2.30. The minimum Gasteiger partial charge on any atom is -0.497 e. The van der Waals surface area contributed by atoms with Crippen LogP contribution in [0, 0.1) is 6.92 Å². The Labute approximate surface area is 126 Å². The topological polar surface area (TPSA) is 67.9 Å². The first kappa shape index (κ1) is 16.2. The van der Waals surface area contributed by atoms with Gasteiger partial charge in [-0.25, -0.2) is 13.1 Å². The van der Waals surface area contributed by atoms with Gasteiger partial charge in [0.15, 0.2) is 0 Å². The molecule has 1 aliphatic heterocycles. The number of sulfonamides is 1. The van der Waals surface area contributed by atoms with Crippen LogP contribution in [0.2, 0.25) is 0 Å². The van der Waals surface area contributed by atoms with Gasteiger partial charge in [-0.05, 0) is 37.7 Å². The van der Waals surface area contributed by atoms with E-state index in [1.54, 1.807) is 32.2 Å². The third-order valence-corrected chi connectivity index (χ3v) is 5.10. The summed E-state index contributed by atoms with van der Waals surface area (Å²) in [5.41, 5.74) is 0.656. The highest BCUT2D eigenvalue weighted by atomic mass is 32.2. The number of nitrogens with zero attached hydrogens (tertiary/aromatic N) is 1. The Morgan fingerprint density at radius 3 is 2.86 bits per heavy atom. The van der Waals surface area contributed by atoms with Gasteiger partial charge in [-0.15, -0.1) is 0 Å². The molecule has 21 heavy (non-hydrogen) atoms. The fourth-order valence-corrected chi connectivity index (χ4v) is 3.61. The highest BCUT2D eigenvalue weighted by Gasteiger charge is 2.22. The van der Waals surface area contributed by atoms with Crippen LogP contribution in [0.25, 0.3) is 0 Å². The second kappa shape index (κ2) is 6.74. The van der Waals surface area contributed by atoms with Crippen LogP contribution in [-0.2, 0) is 14.8 Å². The summed E-state index contributed by atoms with van der Waals surface area (Å²) in [7, 11) is 0.0145. The van der Waals surface area contributed by atoms with E-state index in [0.29, 0.717) is 17.9 Å². The zero-order valence-corrected chi connectivity index (χ0v) is 13.4. The second-order valence-electron chi connectivity index (χ2n) is 5.24. The smallest absolute Gasteiger partial charge is 0.240 e. The van der Waals surface area contributed by atoms with E-state index in [9.17, 15) is 8.42 Å². The van der Waals surface area contributed by atoms with E-state index in [-0.39, 0.29) is 17.5 Å². The molecule has 1 aliphatic rings. The molecule has 118 valence electrons. The molecule has 0 spiro atoms. The number of hydrogen-bond acceptors (Lipinski definition) is 5. The van der Waals surface area contributed by atoms with Crippen molar-refractivity contribution in [2.75, 3.05) is 40.4 Å². The molecule has 1 atom stereocenters. The van der Waals surface area contributed by atoms with Crippen LogP contribution in [0.15, 0.2) is 23.1 Å². The fourth-order valence-electron chi connectivity index (χ4n) is 2.32. The third-order valence-electron chi connectivity index (χ3n) is 3.51. The minimum absolute atomic E-state index is 0.114. The summed E-state index contributed by atoms with van der Waals surface area (Å²) < 4.78 is 38.0. The Morgan fingerprint density at radius 1 is 1.48 bits per heavy atom. The predicted octanol–water partition coefficient (Wildman–Crippen LogP) is 0.613. The number of methoxy groups -OCH3 is 1. The summed E-state index contributed by atoms with van der Waals surface area (Å²) >= 11 is 0. The van der Waals surface area contributed by atoms with Gasteiger partial charge in [-0.3, -0.25) is 0 Å². The number of nitrogens with one attached hydrogen (secondary N) is 1. The number of rotatable bonds is 5. The van der Waals surface area contributed by atoms with Crippen LogP contribution in [0.5, 0.6) is 5.75 Å². The van der Waals surface area contributed by atoms with E-state index >= 15 is 0 Å². The molecule has 2 rings (SSSR count). The van der Waals surface area contributed by atoms with Gasteiger partial charge in [0.1, 0.15) is 5.75 Å². The molecule has 0 bridgehead atoms. The van der Waals surface area contributed by atoms with Crippen LogP contribution >= 0.6 is 0 Å². The lowest BCUT2D eigenvalue weighted by Crippen LogP contribution is -2.45. The second-order valence-corrected chi connectivity index (χ2v) is 6.97. The maximum atomic E-state index is 12.4. The maximum Gasteiger partial charge on any atom is 0.240 e. The molecule has 1 N–H and O–H groups in total. The maximum absolute atomic E-state index is 12.4. The monoisotopic (exact) mass is 314 g/mol. The summed E-state index contributed by atoms with van der Waals surface area (Å²) in [6.45, 7) is 4.26. The first-order valence-electron chi connectivity index (χ1n) is 6.87. The Balaban J connectivity index is 2.04. The van der Waals surface area contributed by atoms with Crippen molar-refractivity contribution < 1.29 is 17.9 Å². The van der Waals surface area contributed by atoms with Crippen molar-refractivity contribution in [3.63, 3.8) is 0 Å². The van der Waals surface area contributed by atoms with Crippen LogP contribution in [0.3, 0.4) is 0 Å². The van der Waals surface area contributed by atoms with Gasteiger partial charge in [0.25, 0.3) is 0 Å². The van der Waals surface area contributed by atoms with Gasteiger partial charge >= 0.3 is 0 Å². The predicted molar refractivity (Wildman–Crippen MR) is 80.2 cm³/mol. The van der Waals surface area contributed by atoms with Crippen molar-refractivity contribution in [1.29, 1.82) is 0 Å². The zero-order valence-electron chi connectivity index (χ0n) is 12.6. The Kier molecular flexibility index (Phi) is 5.21. The van der Waals surface area contributed by atoms with E-state index in [0.717, 1.165) is 13.1 Å². The minimum atomic E-state index is -3.54. The summed E-state index contributed by atoms with van der Waals surface area (Å²) in [5, 5.41) is 0. The fraction of sp³-hybridized carbons (Fsp3) is 0.571. The van der Waals surface area contributed by atoms with Crippen LogP contribution in [-0.4, -0.2) is 59.8 Å². The summed E-state index contributed by atoms with van der Waals surface area (Å²) in [5.74, 6) is 0.642. The molecule has 0 amide bonds. The first-order valence-corrected chi connectivity index (χ1v) is 8.35. The normalized spacial score (nSPS) is 20.4. The van der Waals surface area contributed by atoms with Gasteiger partial charge < -0.3 is 14.4 Å². The van der Waals surface area contributed by atoms with Gasteiger partial charge in [0.05, 0.1) is 24.7 Å². The zero-order chi connectivity index (χ0) is 15.5. The van der Waals surface area contributed by atoms with E-state index in [2.05, 4.69) is 9.62 Å². The highest BCUT2D eigenvalue weighted by Crippen LogP contribution is 2.20. The molecular formula is C14H22N2O4S. The Morgan fingerprint density at radius 2 is 2.24 bits per heavy atom. The lowest BCUT2D eigenvalue weighted by molar-refractivity contribution is -0.0156. The number of morpholine rings is 1. The van der Waals surface area contributed by atoms with Crippen molar-refractivity contribution in [2.45, 2.75) is 17.9 Å². The molecule has 1 saturated heterocycles. The summed E-state index contributed by atoms with van der Waals surface area (Å²) in [4.78, 5) is 2.40. The average molecular weight is 314 g/mol. The number of likely N-dealkylation sites (N-methyl/N-ethyl adjacent to an activating group) is 1. The number of benzene rings is 1.